The summed E-state index contributed by atoms with van der Waals surface area (Å²) >= 11 is 0. The quantitative estimate of drug-likeness (QED) is 0.911. The normalized spacial score (nSPS) is 20.2. The second kappa shape index (κ2) is 6.58. The predicted molar refractivity (Wildman–Crippen MR) is 79.5 cm³/mol. The molecule has 3 heterocycles. The number of aromatic nitrogens is 2. The molecule has 1 aliphatic heterocycles. The number of nitrogens with one attached hydrogen (secondary N) is 1. The van der Waals surface area contributed by atoms with Crippen LogP contribution in [0.5, 0.6) is 0 Å². The van der Waals surface area contributed by atoms with Crippen molar-refractivity contribution in [3.63, 3.8) is 0 Å². The van der Waals surface area contributed by atoms with Crippen LogP contribution in [-0.2, 0) is 11.2 Å². The van der Waals surface area contributed by atoms with Crippen molar-refractivity contribution in [2.75, 3.05) is 13.2 Å². The highest BCUT2D eigenvalue weighted by atomic mass is 16.5. The van der Waals surface area contributed by atoms with Gasteiger partial charge in [0.15, 0.2) is 0 Å². The molecule has 0 aromatic carbocycles. The lowest BCUT2D eigenvalue weighted by molar-refractivity contribution is 0.0924. The lowest BCUT2D eigenvalue weighted by Gasteiger charge is -2.17. The molecule has 7 heteroatoms. The lowest BCUT2D eigenvalue weighted by atomic mass is 9.98. The van der Waals surface area contributed by atoms with Crippen LogP contribution in [0.4, 0.5) is 0 Å². The third kappa shape index (κ3) is 3.55. The second-order valence-electron chi connectivity index (χ2n) is 5.56. The molecule has 3 rings (SSSR count). The van der Waals surface area contributed by atoms with Gasteiger partial charge in [0.2, 0.25) is 0 Å². The van der Waals surface area contributed by atoms with Gasteiger partial charge >= 0.3 is 0 Å². The monoisotopic (exact) mass is 312 g/mol. The van der Waals surface area contributed by atoms with Crippen molar-refractivity contribution in [2.24, 2.45) is 5.92 Å². The maximum absolute atomic E-state index is 12.3. The number of hydrogen-bond donors (Lipinski definition) is 1. The molecular weight excluding hydrogens is 296 g/mol. The molecule has 7 nitrogen and oxygen atoms in total. The summed E-state index contributed by atoms with van der Waals surface area (Å²) < 4.78 is 10.7. The van der Waals surface area contributed by atoms with Crippen molar-refractivity contribution in [3.8, 4) is 6.07 Å². The van der Waals surface area contributed by atoms with Crippen molar-refractivity contribution >= 4 is 5.91 Å². The summed E-state index contributed by atoms with van der Waals surface area (Å²) in [6.45, 7) is 2.90. The van der Waals surface area contributed by atoms with E-state index < -0.39 is 0 Å². The van der Waals surface area contributed by atoms with Gasteiger partial charge in [-0.2, -0.15) is 5.26 Å². The Morgan fingerprint density at radius 3 is 3.00 bits per heavy atom. The first-order chi connectivity index (χ1) is 11.2. The van der Waals surface area contributed by atoms with Crippen LogP contribution in [0.1, 0.15) is 27.5 Å². The van der Waals surface area contributed by atoms with Crippen LogP contribution in [0.15, 0.2) is 28.9 Å². The standard InChI is InChI=1S/C16H16N4O3/c1-10-4-14(23-20-10)5-12-8-22-9-15(12)19-16(21)11-2-3-13(6-17)18-7-11/h2-4,7,12,15H,5,8-9H2,1H3,(H,19,21)/t12-,15+/m1/s1. The van der Waals surface area contributed by atoms with E-state index in [0.717, 1.165) is 11.5 Å². The zero-order valence-electron chi connectivity index (χ0n) is 12.7. The molecule has 1 aliphatic rings. The van der Waals surface area contributed by atoms with Crippen molar-refractivity contribution in [1.29, 1.82) is 5.26 Å². The molecule has 23 heavy (non-hydrogen) atoms. The first kappa shape index (κ1) is 15.2. The minimum Gasteiger partial charge on any atom is -0.379 e. The number of amides is 1. The van der Waals surface area contributed by atoms with Crippen LogP contribution < -0.4 is 5.32 Å². The summed E-state index contributed by atoms with van der Waals surface area (Å²) in [5.74, 6) is 0.700. The summed E-state index contributed by atoms with van der Waals surface area (Å²) in [4.78, 5) is 16.2. The Balaban J connectivity index is 1.63. The Labute approximate surface area is 133 Å². The summed E-state index contributed by atoms with van der Waals surface area (Å²) in [5, 5.41) is 15.6. The fourth-order valence-corrected chi connectivity index (χ4v) is 2.58. The highest BCUT2D eigenvalue weighted by molar-refractivity contribution is 5.94. The Kier molecular flexibility index (Phi) is 4.35. The van der Waals surface area contributed by atoms with Gasteiger partial charge in [0.05, 0.1) is 30.5 Å². The van der Waals surface area contributed by atoms with Crippen LogP contribution in [0.3, 0.4) is 0 Å². The van der Waals surface area contributed by atoms with Gasteiger partial charge in [0.1, 0.15) is 17.5 Å². The Morgan fingerprint density at radius 2 is 2.35 bits per heavy atom. The molecule has 0 spiro atoms. The van der Waals surface area contributed by atoms with E-state index in [4.69, 9.17) is 14.5 Å². The number of pyridine rings is 1. The Morgan fingerprint density at radius 1 is 1.48 bits per heavy atom. The average Bonchev–Trinajstić information content (AvgIpc) is 3.17. The summed E-state index contributed by atoms with van der Waals surface area (Å²) in [6.07, 6.45) is 2.07. The lowest BCUT2D eigenvalue weighted by Crippen LogP contribution is -2.40. The number of rotatable bonds is 4. The van der Waals surface area contributed by atoms with E-state index in [1.165, 1.54) is 12.3 Å². The van der Waals surface area contributed by atoms with Crippen molar-refractivity contribution in [1.82, 2.24) is 15.5 Å². The molecule has 0 aliphatic carbocycles. The number of carbonyl (C=O) groups is 1. The molecule has 2 aromatic rings. The van der Waals surface area contributed by atoms with E-state index in [9.17, 15) is 4.79 Å². The molecule has 0 radical (unpaired) electrons. The summed E-state index contributed by atoms with van der Waals surface area (Å²) in [7, 11) is 0. The Bertz CT molecular complexity index is 733. The molecule has 1 amide bonds. The third-order valence-electron chi connectivity index (χ3n) is 3.80. The fourth-order valence-electron chi connectivity index (χ4n) is 2.58. The van der Waals surface area contributed by atoms with E-state index in [-0.39, 0.29) is 23.6 Å². The third-order valence-corrected chi connectivity index (χ3v) is 3.80. The molecule has 1 saturated heterocycles. The maximum Gasteiger partial charge on any atom is 0.253 e. The number of aryl methyl sites for hydroxylation is 1. The van der Waals surface area contributed by atoms with Crippen LogP contribution in [0.2, 0.25) is 0 Å². The number of ether oxygens (including phenoxy) is 1. The zero-order valence-corrected chi connectivity index (χ0v) is 12.7. The average molecular weight is 312 g/mol. The van der Waals surface area contributed by atoms with Gasteiger partial charge in [0.25, 0.3) is 5.91 Å². The molecule has 1 N–H and O–H groups in total. The van der Waals surface area contributed by atoms with E-state index >= 15 is 0 Å². The maximum atomic E-state index is 12.3. The van der Waals surface area contributed by atoms with Crippen LogP contribution in [0.25, 0.3) is 0 Å². The molecular formula is C16H16N4O3. The predicted octanol–water partition coefficient (Wildman–Crippen LogP) is 1.24. The highest BCUT2D eigenvalue weighted by Gasteiger charge is 2.31. The number of hydrogen-bond acceptors (Lipinski definition) is 6. The summed E-state index contributed by atoms with van der Waals surface area (Å²) in [6, 6.07) is 6.83. The minimum atomic E-state index is -0.226. The van der Waals surface area contributed by atoms with Gasteiger partial charge in [-0.1, -0.05) is 5.16 Å². The fraction of sp³-hybridized carbons (Fsp3) is 0.375. The number of carbonyl (C=O) groups excluding carboxylic acids is 1. The topological polar surface area (TPSA) is 101 Å². The SMILES string of the molecule is Cc1cc(C[C@@H]2COC[C@@H]2NC(=O)c2ccc(C#N)nc2)on1. The molecule has 0 unspecified atom stereocenters. The smallest absolute Gasteiger partial charge is 0.253 e. The molecule has 2 atom stereocenters. The van der Waals surface area contributed by atoms with Crippen molar-refractivity contribution < 1.29 is 14.1 Å². The van der Waals surface area contributed by atoms with Gasteiger partial charge in [-0.05, 0) is 19.1 Å². The molecule has 2 aromatic heterocycles. The largest absolute Gasteiger partial charge is 0.379 e. The zero-order chi connectivity index (χ0) is 16.2. The second-order valence-corrected chi connectivity index (χ2v) is 5.56. The Hall–Kier alpha value is -2.72. The highest BCUT2D eigenvalue weighted by Crippen LogP contribution is 2.20. The van der Waals surface area contributed by atoms with Gasteiger partial charge in [-0.3, -0.25) is 4.79 Å². The van der Waals surface area contributed by atoms with Crippen LogP contribution >= 0.6 is 0 Å². The number of nitriles is 1. The van der Waals surface area contributed by atoms with E-state index in [2.05, 4.69) is 15.5 Å². The first-order valence-corrected chi connectivity index (χ1v) is 7.32. The van der Waals surface area contributed by atoms with Gasteiger partial charge in [-0.15, -0.1) is 0 Å². The molecule has 118 valence electrons. The summed E-state index contributed by atoms with van der Waals surface area (Å²) in [5.41, 5.74) is 1.54. The van der Waals surface area contributed by atoms with Crippen LogP contribution in [0, 0.1) is 24.2 Å². The van der Waals surface area contributed by atoms with E-state index in [0.29, 0.717) is 25.2 Å². The van der Waals surface area contributed by atoms with Crippen molar-refractivity contribution in [3.05, 3.63) is 47.1 Å². The van der Waals surface area contributed by atoms with Crippen molar-refractivity contribution in [2.45, 2.75) is 19.4 Å². The van der Waals surface area contributed by atoms with Crippen LogP contribution in [-0.4, -0.2) is 35.3 Å². The molecule has 0 bridgehead atoms. The minimum absolute atomic E-state index is 0.0939. The van der Waals surface area contributed by atoms with E-state index in [1.807, 2.05) is 19.1 Å². The molecule has 1 fully saturated rings. The number of nitrogens with zero attached hydrogens (tertiary/aromatic N) is 3. The van der Waals surface area contributed by atoms with Gasteiger partial charge in [-0.25, -0.2) is 4.98 Å². The van der Waals surface area contributed by atoms with Gasteiger partial charge in [0, 0.05) is 24.6 Å². The molecule has 0 saturated carbocycles. The van der Waals surface area contributed by atoms with Gasteiger partial charge < -0.3 is 14.6 Å². The van der Waals surface area contributed by atoms with E-state index in [1.54, 1.807) is 6.07 Å². The first-order valence-electron chi connectivity index (χ1n) is 7.32.